The van der Waals surface area contributed by atoms with Crippen LogP contribution in [0.3, 0.4) is 0 Å². The maximum Gasteiger partial charge on any atom is 0.251 e. The molecule has 0 atom stereocenters. The van der Waals surface area contributed by atoms with E-state index in [1.807, 2.05) is 16.8 Å². The molecule has 8 heteroatoms. The molecule has 138 valence electrons. The van der Waals surface area contributed by atoms with Crippen molar-refractivity contribution in [2.24, 2.45) is 0 Å². The number of thiophene rings is 1. The fourth-order valence-corrected chi connectivity index (χ4v) is 4.86. The lowest BCUT2D eigenvalue weighted by Gasteiger charge is -2.07. The first-order chi connectivity index (χ1) is 13.1. The van der Waals surface area contributed by atoms with Gasteiger partial charge in [0.15, 0.2) is 0 Å². The highest BCUT2D eigenvalue weighted by Gasteiger charge is 2.23. The number of aromatic nitrogens is 1. The van der Waals surface area contributed by atoms with Gasteiger partial charge in [0.05, 0.1) is 17.0 Å². The second-order valence-electron chi connectivity index (χ2n) is 6.33. The Hall–Kier alpha value is -2.03. The van der Waals surface area contributed by atoms with E-state index in [0.717, 1.165) is 32.9 Å². The molecule has 2 aromatic heterocycles. The van der Waals surface area contributed by atoms with E-state index in [1.54, 1.807) is 35.6 Å². The Morgan fingerprint density at radius 2 is 2.04 bits per heavy atom. The van der Waals surface area contributed by atoms with E-state index >= 15 is 0 Å². The van der Waals surface area contributed by atoms with Crippen LogP contribution < -0.4 is 10.6 Å². The van der Waals surface area contributed by atoms with Gasteiger partial charge >= 0.3 is 0 Å². The van der Waals surface area contributed by atoms with E-state index < -0.39 is 0 Å². The largest absolute Gasteiger partial charge is 0.349 e. The highest BCUT2D eigenvalue weighted by molar-refractivity contribution is 9.10. The number of nitrogens with one attached hydrogen (secondary N) is 2. The average Bonchev–Trinajstić information content (AvgIpc) is 3.15. The average molecular weight is 462 g/mol. The summed E-state index contributed by atoms with van der Waals surface area (Å²) < 4.78 is 1.03. The van der Waals surface area contributed by atoms with E-state index in [9.17, 15) is 9.59 Å². The monoisotopic (exact) mass is 461 g/mol. The minimum Gasteiger partial charge on any atom is -0.349 e. The summed E-state index contributed by atoms with van der Waals surface area (Å²) in [7, 11) is 0. The fraction of sp³-hybridized carbons (Fsp3) is 0.211. The summed E-state index contributed by atoms with van der Waals surface area (Å²) >= 11 is 6.58. The Morgan fingerprint density at radius 1 is 1.19 bits per heavy atom. The van der Waals surface area contributed by atoms with Crippen LogP contribution in [0.5, 0.6) is 0 Å². The second kappa shape index (κ2) is 7.92. The molecule has 0 unspecified atom stereocenters. The molecule has 1 fully saturated rings. The summed E-state index contributed by atoms with van der Waals surface area (Å²) in [6.45, 7) is 0. The van der Waals surface area contributed by atoms with Gasteiger partial charge in [0.1, 0.15) is 5.01 Å². The number of halogens is 1. The molecular weight excluding hydrogens is 446 g/mol. The van der Waals surface area contributed by atoms with Crippen LogP contribution in [0.1, 0.15) is 28.9 Å². The molecule has 4 rings (SSSR count). The zero-order valence-corrected chi connectivity index (χ0v) is 17.4. The molecule has 1 aromatic carbocycles. The molecule has 3 aromatic rings. The highest BCUT2D eigenvalue weighted by atomic mass is 79.9. The number of amides is 2. The van der Waals surface area contributed by atoms with Crippen LogP contribution in [0.25, 0.3) is 9.88 Å². The minimum atomic E-state index is -0.154. The van der Waals surface area contributed by atoms with E-state index in [2.05, 4.69) is 31.5 Å². The molecule has 5 nitrogen and oxygen atoms in total. The Kier molecular flexibility index (Phi) is 5.38. The van der Waals surface area contributed by atoms with Crippen LogP contribution >= 0.6 is 38.6 Å². The minimum absolute atomic E-state index is 0.0974. The van der Waals surface area contributed by atoms with Gasteiger partial charge in [-0.1, -0.05) is 6.07 Å². The predicted octanol–water partition coefficient (Wildman–Crippen LogP) is 4.71. The van der Waals surface area contributed by atoms with Crippen molar-refractivity contribution in [2.75, 3.05) is 5.32 Å². The molecule has 2 heterocycles. The topological polar surface area (TPSA) is 71.1 Å². The summed E-state index contributed by atoms with van der Waals surface area (Å²) in [5.74, 6) is -0.251. The van der Waals surface area contributed by atoms with Crippen molar-refractivity contribution >= 4 is 56.1 Å². The van der Waals surface area contributed by atoms with Crippen LogP contribution in [0.15, 0.2) is 45.6 Å². The first kappa shape index (κ1) is 18.3. The van der Waals surface area contributed by atoms with E-state index in [4.69, 9.17) is 0 Å². The number of hydrogen-bond donors (Lipinski definition) is 2. The third kappa shape index (κ3) is 4.82. The van der Waals surface area contributed by atoms with Gasteiger partial charge in [0.25, 0.3) is 5.91 Å². The standard InChI is InChI=1S/C19H16BrN3O2S2/c20-12-7-16(26-9-12)19-23-15(10-27-19)8-17(24)21-14-3-1-2-11(6-14)18(25)22-13-4-5-13/h1-3,6-7,9-10,13H,4-5,8H2,(H,21,24)(H,22,25). The van der Waals surface area contributed by atoms with Gasteiger partial charge in [-0.3, -0.25) is 9.59 Å². The zero-order chi connectivity index (χ0) is 18.8. The molecule has 27 heavy (non-hydrogen) atoms. The van der Waals surface area contributed by atoms with Gasteiger partial charge in [-0.2, -0.15) is 0 Å². The molecule has 2 N–H and O–H groups in total. The van der Waals surface area contributed by atoms with E-state index in [1.165, 1.54) is 11.3 Å². The molecule has 0 spiro atoms. The van der Waals surface area contributed by atoms with Gasteiger partial charge in [-0.05, 0) is 53.0 Å². The first-order valence-corrected chi connectivity index (χ1v) is 11.0. The van der Waals surface area contributed by atoms with Crippen molar-refractivity contribution in [3.63, 3.8) is 0 Å². The number of hydrogen-bond acceptors (Lipinski definition) is 5. The summed E-state index contributed by atoms with van der Waals surface area (Å²) in [5, 5.41) is 10.6. The number of carbonyl (C=O) groups is 2. The van der Waals surface area contributed by atoms with Crippen molar-refractivity contribution in [2.45, 2.75) is 25.3 Å². The van der Waals surface area contributed by atoms with Gasteiger partial charge in [-0.15, -0.1) is 22.7 Å². The second-order valence-corrected chi connectivity index (χ2v) is 9.01. The Morgan fingerprint density at radius 3 is 2.78 bits per heavy atom. The molecule has 0 radical (unpaired) electrons. The third-order valence-electron chi connectivity index (χ3n) is 3.99. The van der Waals surface area contributed by atoms with Crippen molar-refractivity contribution in [3.8, 4) is 9.88 Å². The summed E-state index contributed by atoms with van der Waals surface area (Å²) in [6, 6.07) is 9.32. The lowest BCUT2D eigenvalue weighted by molar-refractivity contribution is -0.115. The molecule has 1 aliphatic rings. The van der Waals surface area contributed by atoms with E-state index in [0.29, 0.717) is 17.3 Å². The summed E-state index contributed by atoms with van der Waals surface area (Å²) in [5.41, 5.74) is 1.90. The van der Waals surface area contributed by atoms with Crippen LogP contribution in [0.2, 0.25) is 0 Å². The molecule has 0 saturated heterocycles. The maximum absolute atomic E-state index is 12.3. The zero-order valence-electron chi connectivity index (χ0n) is 14.2. The van der Waals surface area contributed by atoms with Crippen molar-refractivity contribution in [3.05, 3.63) is 56.8 Å². The Balaban J connectivity index is 1.38. The van der Waals surface area contributed by atoms with Crippen molar-refractivity contribution < 1.29 is 9.59 Å². The lowest BCUT2D eigenvalue weighted by Crippen LogP contribution is -2.25. The first-order valence-electron chi connectivity index (χ1n) is 8.46. The lowest BCUT2D eigenvalue weighted by atomic mass is 10.2. The normalized spacial score (nSPS) is 13.4. The molecule has 1 saturated carbocycles. The van der Waals surface area contributed by atoms with Crippen molar-refractivity contribution in [1.29, 1.82) is 0 Å². The fourth-order valence-electron chi connectivity index (χ4n) is 2.53. The number of anilines is 1. The number of nitrogens with zero attached hydrogens (tertiary/aromatic N) is 1. The van der Waals surface area contributed by atoms with Gasteiger partial charge in [0.2, 0.25) is 5.91 Å². The number of thiazole rings is 1. The van der Waals surface area contributed by atoms with Crippen LogP contribution in [0.4, 0.5) is 5.69 Å². The highest BCUT2D eigenvalue weighted by Crippen LogP contribution is 2.32. The summed E-state index contributed by atoms with van der Waals surface area (Å²) in [6.07, 6.45) is 2.28. The van der Waals surface area contributed by atoms with Gasteiger partial charge in [-0.25, -0.2) is 4.98 Å². The quantitative estimate of drug-likeness (QED) is 0.558. The molecule has 2 amide bonds. The number of benzene rings is 1. The molecule has 1 aliphatic carbocycles. The van der Waals surface area contributed by atoms with E-state index in [-0.39, 0.29) is 18.2 Å². The molecule has 0 aliphatic heterocycles. The molecular formula is C19H16BrN3O2S2. The third-order valence-corrected chi connectivity index (χ3v) is 6.74. The van der Waals surface area contributed by atoms with Gasteiger partial charge < -0.3 is 10.6 Å². The van der Waals surface area contributed by atoms with Crippen molar-refractivity contribution in [1.82, 2.24) is 10.3 Å². The van der Waals surface area contributed by atoms with Crippen LogP contribution in [0, 0.1) is 0 Å². The predicted molar refractivity (Wildman–Crippen MR) is 112 cm³/mol. The maximum atomic E-state index is 12.3. The SMILES string of the molecule is O=C(Cc1csc(-c2cc(Br)cs2)n1)Nc1cccc(C(=O)NC2CC2)c1. The molecule has 0 bridgehead atoms. The number of rotatable bonds is 6. The Labute approximate surface area is 173 Å². The van der Waals surface area contributed by atoms with Crippen LogP contribution in [-0.4, -0.2) is 22.8 Å². The smallest absolute Gasteiger partial charge is 0.251 e. The number of carbonyl (C=O) groups excluding carboxylic acids is 2. The van der Waals surface area contributed by atoms with Gasteiger partial charge in [0, 0.05) is 32.5 Å². The summed E-state index contributed by atoms with van der Waals surface area (Å²) in [4.78, 5) is 30.1. The Bertz CT molecular complexity index is 994. The van der Waals surface area contributed by atoms with Crippen LogP contribution in [-0.2, 0) is 11.2 Å².